The summed E-state index contributed by atoms with van der Waals surface area (Å²) in [5.41, 5.74) is 3.58. The molecule has 0 aliphatic rings. The molecule has 3 rings (SSSR count). The molecule has 3 aromatic rings. The molecule has 0 unspecified atom stereocenters. The highest BCUT2D eigenvalue weighted by molar-refractivity contribution is 7.07. The van der Waals surface area contributed by atoms with Gasteiger partial charge in [-0.05, 0) is 29.8 Å². The molecule has 152 valence electrons. The first-order valence-electron chi connectivity index (χ1n) is 8.56. The van der Waals surface area contributed by atoms with Crippen LogP contribution in [0.2, 0.25) is 0 Å². The lowest BCUT2D eigenvalue weighted by Crippen LogP contribution is -2.23. The number of halogens is 3. The van der Waals surface area contributed by atoms with Crippen LogP contribution in [0.1, 0.15) is 21.6 Å². The first-order chi connectivity index (χ1) is 13.9. The lowest BCUT2D eigenvalue weighted by atomic mass is 10.1. The molecule has 1 heterocycles. The lowest BCUT2D eigenvalue weighted by molar-refractivity contribution is -0.153. The largest absolute Gasteiger partial charge is 0.486 e. The van der Waals surface area contributed by atoms with Crippen LogP contribution in [0.15, 0.2) is 59.4 Å². The number of hydrogen-bond donors (Lipinski definition) is 1. The Bertz CT molecular complexity index is 929. The number of nitrogens with zero attached hydrogens (tertiary/aromatic N) is 1. The Morgan fingerprint density at radius 2 is 1.83 bits per heavy atom. The highest BCUT2D eigenvalue weighted by atomic mass is 32.1. The topological polar surface area (TPSA) is 60.5 Å². The van der Waals surface area contributed by atoms with Crippen molar-refractivity contribution in [1.82, 2.24) is 10.3 Å². The molecule has 0 bridgehead atoms. The van der Waals surface area contributed by atoms with Gasteiger partial charge in [0, 0.05) is 11.9 Å². The number of amides is 1. The first-order valence-corrected chi connectivity index (χ1v) is 9.50. The average Bonchev–Trinajstić information content (AvgIpc) is 3.23. The fraction of sp³-hybridized carbons (Fsp3) is 0.200. The minimum atomic E-state index is -4.39. The van der Waals surface area contributed by atoms with Gasteiger partial charge in [0.1, 0.15) is 18.1 Å². The van der Waals surface area contributed by atoms with E-state index in [4.69, 9.17) is 4.74 Å². The van der Waals surface area contributed by atoms with Crippen LogP contribution in [0.4, 0.5) is 13.2 Å². The third kappa shape index (κ3) is 6.49. The van der Waals surface area contributed by atoms with Gasteiger partial charge in [-0.15, -0.1) is 11.3 Å². The number of aromatic nitrogens is 1. The van der Waals surface area contributed by atoms with Crippen molar-refractivity contribution in [1.29, 1.82) is 0 Å². The Kier molecular flexibility index (Phi) is 6.71. The molecule has 0 fully saturated rings. The smallest absolute Gasteiger partial charge is 0.422 e. The van der Waals surface area contributed by atoms with E-state index < -0.39 is 12.8 Å². The van der Waals surface area contributed by atoms with Crippen molar-refractivity contribution in [3.63, 3.8) is 0 Å². The van der Waals surface area contributed by atoms with Crippen molar-refractivity contribution >= 4 is 17.2 Å². The second-order valence-electron chi connectivity index (χ2n) is 6.00. The van der Waals surface area contributed by atoms with Crippen molar-refractivity contribution in [2.75, 3.05) is 6.61 Å². The van der Waals surface area contributed by atoms with Crippen molar-refractivity contribution in [2.45, 2.75) is 19.3 Å². The Balaban J connectivity index is 1.55. The zero-order valence-electron chi connectivity index (χ0n) is 15.1. The molecule has 0 atom stereocenters. The number of para-hydroxylation sites is 1. The monoisotopic (exact) mass is 422 g/mol. The van der Waals surface area contributed by atoms with E-state index in [2.05, 4.69) is 15.0 Å². The summed E-state index contributed by atoms with van der Waals surface area (Å²) in [4.78, 5) is 16.7. The highest BCUT2D eigenvalue weighted by Gasteiger charge is 2.28. The Labute approximate surface area is 169 Å². The molecule has 29 heavy (non-hydrogen) atoms. The molecule has 1 N–H and O–H groups in total. The van der Waals surface area contributed by atoms with Crippen LogP contribution in [0.25, 0.3) is 0 Å². The van der Waals surface area contributed by atoms with Gasteiger partial charge in [-0.3, -0.25) is 4.79 Å². The van der Waals surface area contributed by atoms with E-state index in [1.807, 2.05) is 5.38 Å². The lowest BCUT2D eigenvalue weighted by Gasteiger charge is -2.12. The maximum absolute atomic E-state index is 12.5. The van der Waals surface area contributed by atoms with Crippen LogP contribution in [0.5, 0.6) is 11.5 Å². The summed E-state index contributed by atoms with van der Waals surface area (Å²) in [7, 11) is 0. The molecule has 1 aromatic heterocycles. The van der Waals surface area contributed by atoms with E-state index in [1.54, 1.807) is 41.9 Å². The van der Waals surface area contributed by atoms with Crippen LogP contribution >= 0.6 is 11.3 Å². The maximum Gasteiger partial charge on any atom is 0.422 e. The number of ether oxygens (including phenoxy) is 2. The zero-order valence-corrected chi connectivity index (χ0v) is 15.9. The molecule has 9 heteroatoms. The van der Waals surface area contributed by atoms with Gasteiger partial charge in [0.2, 0.25) is 0 Å². The SMILES string of the molecule is O=C(NCc1ccc(OCC(F)(F)F)cc1)c1ccccc1OCc1cscn1. The molecule has 0 aliphatic carbocycles. The van der Waals surface area contributed by atoms with E-state index in [-0.39, 0.29) is 24.8 Å². The second kappa shape index (κ2) is 9.42. The minimum absolute atomic E-state index is 0.109. The van der Waals surface area contributed by atoms with Gasteiger partial charge in [0.25, 0.3) is 5.91 Å². The van der Waals surface area contributed by atoms with Crippen molar-refractivity contribution in [2.24, 2.45) is 0 Å². The van der Waals surface area contributed by atoms with Gasteiger partial charge in [0.15, 0.2) is 6.61 Å². The zero-order chi connectivity index (χ0) is 20.7. The van der Waals surface area contributed by atoms with Crippen LogP contribution in [0.3, 0.4) is 0 Å². The fourth-order valence-electron chi connectivity index (χ4n) is 2.39. The van der Waals surface area contributed by atoms with Crippen molar-refractivity contribution in [3.8, 4) is 11.5 Å². The second-order valence-corrected chi connectivity index (χ2v) is 6.71. The summed E-state index contributed by atoms with van der Waals surface area (Å²) in [5.74, 6) is 0.225. The molecule has 1 amide bonds. The van der Waals surface area contributed by atoms with Gasteiger partial charge in [-0.25, -0.2) is 4.98 Å². The van der Waals surface area contributed by atoms with E-state index in [1.165, 1.54) is 23.5 Å². The van der Waals surface area contributed by atoms with Gasteiger partial charge >= 0.3 is 6.18 Å². The van der Waals surface area contributed by atoms with E-state index in [0.717, 1.165) is 11.3 Å². The Morgan fingerprint density at radius 3 is 2.52 bits per heavy atom. The van der Waals surface area contributed by atoms with Gasteiger partial charge in [-0.1, -0.05) is 24.3 Å². The number of alkyl halides is 3. The first kappa shape index (κ1) is 20.7. The quantitative estimate of drug-likeness (QED) is 0.577. The third-order valence-corrected chi connectivity index (χ3v) is 4.40. The number of nitrogens with one attached hydrogen (secondary N) is 1. The summed E-state index contributed by atoms with van der Waals surface area (Å²) < 4.78 is 46.9. The van der Waals surface area contributed by atoms with Crippen molar-refractivity contribution in [3.05, 3.63) is 76.2 Å². The summed E-state index contributed by atoms with van der Waals surface area (Å²) in [6.07, 6.45) is -4.39. The predicted octanol–water partition coefficient (Wildman–Crippen LogP) is 4.59. The summed E-state index contributed by atoms with van der Waals surface area (Å²) in [6.45, 7) is -0.882. The number of carbonyl (C=O) groups excluding carboxylic acids is 1. The van der Waals surface area contributed by atoms with Crippen LogP contribution in [-0.4, -0.2) is 23.7 Å². The van der Waals surface area contributed by atoms with E-state index in [9.17, 15) is 18.0 Å². The molecule has 0 aliphatic heterocycles. The van der Waals surface area contributed by atoms with E-state index >= 15 is 0 Å². The number of thiazole rings is 1. The average molecular weight is 422 g/mol. The highest BCUT2D eigenvalue weighted by Crippen LogP contribution is 2.21. The molecule has 0 radical (unpaired) electrons. The molecule has 0 saturated carbocycles. The number of benzene rings is 2. The Hall–Kier alpha value is -3.07. The van der Waals surface area contributed by atoms with E-state index in [0.29, 0.717) is 11.3 Å². The molecule has 0 spiro atoms. The third-order valence-electron chi connectivity index (χ3n) is 3.77. The van der Waals surface area contributed by atoms with Gasteiger partial charge in [0.05, 0.1) is 16.8 Å². The number of rotatable bonds is 8. The summed E-state index contributed by atoms with van der Waals surface area (Å²) in [5, 5.41) is 4.64. The number of hydrogen-bond acceptors (Lipinski definition) is 5. The molecule has 5 nitrogen and oxygen atoms in total. The molecular weight excluding hydrogens is 405 g/mol. The summed E-state index contributed by atoms with van der Waals surface area (Å²) in [6, 6.07) is 12.9. The minimum Gasteiger partial charge on any atom is -0.486 e. The van der Waals surface area contributed by atoms with Gasteiger partial charge in [-0.2, -0.15) is 13.2 Å². The maximum atomic E-state index is 12.5. The van der Waals surface area contributed by atoms with Crippen LogP contribution < -0.4 is 14.8 Å². The molecular formula is C20H17F3N2O3S. The van der Waals surface area contributed by atoms with Crippen LogP contribution in [-0.2, 0) is 13.2 Å². The van der Waals surface area contributed by atoms with Crippen LogP contribution in [0, 0.1) is 0 Å². The predicted molar refractivity (Wildman–Crippen MR) is 102 cm³/mol. The summed E-state index contributed by atoms with van der Waals surface area (Å²) >= 11 is 1.46. The van der Waals surface area contributed by atoms with Crippen molar-refractivity contribution < 1.29 is 27.4 Å². The fourth-order valence-corrected chi connectivity index (χ4v) is 2.93. The molecule has 2 aromatic carbocycles. The Morgan fingerprint density at radius 1 is 1.07 bits per heavy atom. The number of carbonyl (C=O) groups is 1. The normalized spacial score (nSPS) is 11.1. The standard InChI is InChI=1S/C20H17F3N2O3S/c21-20(22,23)12-28-16-7-5-14(6-8-16)9-24-19(26)17-3-1-2-4-18(17)27-10-15-11-29-13-25-15/h1-8,11,13H,9-10,12H2,(H,24,26). The molecule has 0 saturated heterocycles. The van der Waals surface area contributed by atoms with Gasteiger partial charge < -0.3 is 14.8 Å².